The molecule has 0 heterocycles. The molecular formula is C36H60. The van der Waals surface area contributed by atoms with Gasteiger partial charge in [0, 0.05) is 5.92 Å². The van der Waals surface area contributed by atoms with Gasteiger partial charge < -0.3 is 0 Å². The van der Waals surface area contributed by atoms with E-state index in [1.807, 2.05) is 13.8 Å². The molecule has 1 fully saturated rings. The van der Waals surface area contributed by atoms with Crippen LogP contribution < -0.4 is 0 Å². The lowest BCUT2D eigenvalue weighted by molar-refractivity contribution is 0.495. The van der Waals surface area contributed by atoms with Gasteiger partial charge in [-0.25, -0.2) is 0 Å². The topological polar surface area (TPSA) is 0 Å². The molecule has 0 N–H and O–H groups in total. The van der Waals surface area contributed by atoms with Crippen molar-refractivity contribution in [2.24, 2.45) is 17.8 Å². The second-order valence-corrected chi connectivity index (χ2v) is 11.3. The van der Waals surface area contributed by atoms with Gasteiger partial charge in [-0.1, -0.05) is 139 Å². The van der Waals surface area contributed by atoms with E-state index in [0.717, 1.165) is 43.6 Å². The molecule has 0 spiro atoms. The maximum atomic E-state index is 4.48. The maximum absolute atomic E-state index is 4.48. The molecule has 0 amide bonds. The van der Waals surface area contributed by atoms with Gasteiger partial charge >= 0.3 is 0 Å². The standard InChI is InChI=1S/C28H42.C6H12.C2H6/c1-10-11-24(8)27(18-20(2)3)28(25(9)21(4)5)19-23(7)14-17-26-15-12-22(6)13-16-26;1-6-4-2-3-5-6;1-2/h12-13,15-16,19-20,27H,4,8,10-11,14,17-18H2,1-3,5-7,9H3;6H,2-5H2,1H3;1-2H3/b23-19-,28-25-;;. The minimum Gasteiger partial charge on any atom is -0.0992 e. The van der Waals surface area contributed by atoms with Crippen LogP contribution in [0.1, 0.15) is 125 Å². The Bertz CT molecular complexity index is 806. The number of allylic oxidation sites excluding steroid dienone is 6. The molecule has 0 radical (unpaired) electrons. The number of hydrogen-bond donors (Lipinski definition) is 0. The van der Waals surface area contributed by atoms with Crippen LogP contribution in [0.4, 0.5) is 0 Å². The summed E-state index contributed by atoms with van der Waals surface area (Å²) in [5.41, 5.74) is 9.47. The van der Waals surface area contributed by atoms with E-state index < -0.39 is 0 Å². The van der Waals surface area contributed by atoms with E-state index in [1.54, 1.807) is 0 Å². The summed E-state index contributed by atoms with van der Waals surface area (Å²) in [6.45, 7) is 30.7. The first-order valence-corrected chi connectivity index (χ1v) is 14.8. The summed E-state index contributed by atoms with van der Waals surface area (Å²) in [6.07, 6.45) is 14.0. The zero-order valence-electron chi connectivity index (χ0n) is 25.9. The summed E-state index contributed by atoms with van der Waals surface area (Å²) < 4.78 is 0. The first-order chi connectivity index (χ1) is 17.0. The van der Waals surface area contributed by atoms with Crippen LogP contribution in [0.15, 0.2) is 71.4 Å². The highest BCUT2D eigenvalue weighted by Crippen LogP contribution is 2.34. The smallest absolute Gasteiger partial charge is 0.00506 e. The third kappa shape index (κ3) is 14.1. The highest BCUT2D eigenvalue weighted by molar-refractivity contribution is 5.42. The number of rotatable bonds is 11. The molecule has 1 aliphatic carbocycles. The van der Waals surface area contributed by atoms with Crippen molar-refractivity contribution < 1.29 is 0 Å². The van der Waals surface area contributed by atoms with Crippen molar-refractivity contribution in [2.45, 2.75) is 127 Å². The lowest BCUT2D eigenvalue weighted by atomic mass is 9.79. The Morgan fingerprint density at radius 2 is 1.53 bits per heavy atom. The number of aryl methyl sites for hydroxylation is 2. The van der Waals surface area contributed by atoms with Gasteiger partial charge in [-0.3, -0.25) is 0 Å². The van der Waals surface area contributed by atoms with E-state index in [4.69, 9.17) is 0 Å². The summed E-state index contributed by atoms with van der Waals surface area (Å²) in [5, 5.41) is 0. The third-order valence-corrected chi connectivity index (χ3v) is 7.19. The van der Waals surface area contributed by atoms with Crippen molar-refractivity contribution in [1.29, 1.82) is 0 Å². The molecule has 1 atom stereocenters. The zero-order valence-corrected chi connectivity index (χ0v) is 25.9. The van der Waals surface area contributed by atoms with Gasteiger partial charge in [-0.2, -0.15) is 0 Å². The van der Waals surface area contributed by atoms with Gasteiger partial charge in [-0.05, 0) is 81.9 Å². The van der Waals surface area contributed by atoms with Crippen LogP contribution in [-0.2, 0) is 6.42 Å². The Morgan fingerprint density at radius 3 is 1.94 bits per heavy atom. The van der Waals surface area contributed by atoms with Crippen LogP contribution >= 0.6 is 0 Å². The summed E-state index contributed by atoms with van der Waals surface area (Å²) in [7, 11) is 0. The fourth-order valence-corrected chi connectivity index (χ4v) is 4.76. The van der Waals surface area contributed by atoms with Crippen molar-refractivity contribution in [1.82, 2.24) is 0 Å². The molecule has 1 saturated carbocycles. The normalized spacial score (nSPS) is 15.4. The molecule has 0 nitrogen and oxygen atoms in total. The van der Waals surface area contributed by atoms with Gasteiger partial charge in [0.15, 0.2) is 0 Å². The lowest BCUT2D eigenvalue weighted by Gasteiger charge is -2.26. The van der Waals surface area contributed by atoms with Gasteiger partial charge in [-0.15, -0.1) is 0 Å². The average molecular weight is 493 g/mol. The van der Waals surface area contributed by atoms with Gasteiger partial charge in [0.05, 0.1) is 0 Å². The van der Waals surface area contributed by atoms with E-state index in [2.05, 4.69) is 98.9 Å². The predicted octanol–water partition coefficient (Wildman–Crippen LogP) is 12.0. The van der Waals surface area contributed by atoms with Gasteiger partial charge in [0.1, 0.15) is 0 Å². The van der Waals surface area contributed by atoms with Crippen molar-refractivity contribution in [2.75, 3.05) is 0 Å². The molecule has 1 unspecified atom stereocenters. The Balaban J connectivity index is 0.00000131. The molecule has 2 rings (SSSR count). The minimum atomic E-state index is 0.422. The maximum Gasteiger partial charge on any atom is 0.00506 e. The van der Waals surface area contributed by atoms with Crippen LogP contribution in [0, 0.1) is 24.7 Å². The van der Waals surface area contributed by atoms with E-state index in [1.165, 1.54) is 59.1 Å². The molecule has 1 aromatic carbocycles. The Labute approximate surface area is 227 Å². The minimum absolute atomic E-state index is 0.422. The predicted molar refractivity (Wildman–Crippen MR) is 167 cm³/mol. The van der Waals surface area contributed by atoms with E-state index in [9.17, 15) is 0 Å². The van der Waals surface area contributed by atoms with Crippen LogP contribution in [0.5, 0.6) is 0 Å². The first-order valence-electron chi connectivity index (χ1n) is 14.8. The zero-order chi connectivity index (χ0) is 27.7. The fourth-order valence-electron chi connectivity index (χ4n) is 4.76. The number of benzene rings is 1. The van der Waals surface area contributed by atoms with Gasteiger partial charge in [0.2, 0.25) is 0 Å². The van der Waals surface area contributed by atoms with Crippen molar-refractivity contribution in [3.8, 4) is 0 Å². The van der Waals surface area contributed by atoms with Crippen LogP contribution in [0.2, 0.25) is 0 Å². The molecule has 1 aromatic rings. The van der Waals surface area contributed by atoms with Crippen LogP contribution in [0.3, 0.4) is 0 Å². The third-order valence-electron chi connectivity index (χ3n) is 7.19. The lowest BCUT2D eigenvalue weighted by Crippen LogP contribution is -2.12. The Kier molecular flexibility index (Phi) is 18.3. The van der Waals surface area contributed by atoms with Crippen molar-refractivity contribution >= 4 is 0 Å². The van der Waals surface area contributed by atoms with Gasteiger partial charge in [0.25, 0.3) is 0 Å². The van der Waals surface area contributed by atoms with Crippen LogP contribution in [0.25, 0.3) is 0 Å². The molecule has 204 valence electrons. The first kappa shape index (κ1) is 34.2. The highest BCUT2D eigenvalue weighted by Gasteiger charge is 2.20. The summed E-state index contributed by atoms with van der Waals surface area (Å²) in [6, 6.07) is 8.92. The monoisotopic (exact) mass is 492 g/mol. The average Bonchev–Trinajstić information content (AvgIpc) is 3.33. The summed E-state index contributed by atoms with van der Waals surface area (Å²) in [5.74, 6) is 2.11. The van der Waals surface area contributed by atoms with Crippen LogP contribution in [-0.4, -0.2) is 0 Å². The number of hydrogen-bond acceptors (Lipinski definition) is 0. The summed E-state index contributed by atoms with van der Waals surface area (Å²) >= 11 is 0. The molecule has 0 bridgehead atoms. The second-order valence-electron chi connectivity index (χ2n) is 11.3. The van der Waals surface area contributed by atoms with E-state index >= 15 is 0 Å². The molecule has 0 aliphatic heterocycles. The quantitative estimate of drug-likeness (QED) is 0.213. The Morgan fingerprint density at radius 1 is 0.972 bits per heavy atom. The van der Waals surface area contributed by atoms with Crippen molar-refractivity contribution in [3.05, 3.63) is 82.5 Å². The largest absolute Gasteiger partial charge is 0.0992 e. The molecule has 0 saturated heterocycles. The molecule has 0 heteroatoms. The SMILES string of the molecule is C=C(C)/C(C)=C(/C=C(/C)CCc1ccc(C)cc1)C(CC(C)C)C(=C)CCC.CC.CC1CCCC1. The van der Waals surface area contributed by atoms with Crippen molar-refractivity contribution in [3.63, 3.8) is 0 Å². The summed E-state index contributed by atoms with van der Waals surface area (Å²) in [4.78, 5) is 0. The highest BCUT2D eigenvalue weighted by atomic mass is 14.2. The molecule has 0 aromatic heterocycles. The fraction of sp³-hybridized carbons (Fsp3) is 0.611. The van der Waals surface area contributed by atoms with E-state index in [0.29, 0.717) is 11.8 Å². The molecule has 1 aliphatic rings. The molecule has 36 heavy (non-hydrogen) atoms. The Hall–Kier alpha value is -1.82. The molecular weight excluding hydrogens is 432 g/mol. The van der Waals surface area contributed by atoms with E-state index in [-0.39, 0.29) is 0 Å². The second kappa shape index (κ2) is 19.3.